The van der Waals surface area contributed by atoms with Crippen LogP contribution in [0, 0.1) is 19.8 Å². The second kappa shape index (κ2) is 7.80. The van der Waals surface area contributed by atoms with E-state index in [1.807, 2.05) is 0 Å². The Balaban J connectivity index is 2.65. The van der Waals surface area contributed by atoms with Gasteiger partial charge in [0.25, 0.3) is 0 Å². The Morgan fingerprint density at radius 3 is 2.30 bits per heavy atom. The molecule has 0 spiro atoms. The molecule has 2 atom stereocenters. The number of likely N-dealkylation sites (N-methyl/N-ethyl adjacent to an activating group) is 1. The number of rotatable bonds is 7. The molecule has 114 valence electrons. The summed E-state index contributed by atoms with van der Waals surface area (Å²) in [6.45, 7) is 12.3. The van der Waals surface area contributed by atoms with Crippen LogP contribution in [0.4, 0.5) is 0 Å². The van der Waals surface area contributed by atoms with Crippen LogP contribution in [-0.2, 0) is 0 Å². The molecule has 2 unspecified atom stereocenters. The van der Waals surface area contributed by atoms with Crippen LogP contribution >= 0.6 is 0 Å². The van der Waals surface area contributed by atoms with Gasteiger partial charge in [-0.2, -0.15) is 0 Å². The Morgan fingerprint density at radius 2 is 1.75 bits per heavy atom. The van der Waals surface area contributed by atoms with Crippen molar-refractivity contribution in [3.63, 3.8) is 0 Å². The van der Waals surface area contributed by atoms with Crippen molar-refractivity contribution in [3.05, 3.63) is 34.9 Å². The molecule has 0 saturated carbocycles. The van der Waals surface area contributed by atoms with Crippen molar-refractivity contribution >= 4 is 0 Å². The summed E-state index contributed by atoms with van der Waals surface area (Å²) in [7, 11) is 4.36. The van der Waals surface area contributed by atoms with Gasteiger partial charge in [-0.25, -0.2) is 0 Å². The normalized spacial score (nSPS) is 14.8. The molecule has 2 nitrogen and oxygen atoms in total. The number of aryl methyl sites for hydroxylation is 2. The summed E-state index contributed by atoms with van der Waals surface area (Å²) < 4.78 is 0. The zero-order valence-electron chi connectivity index (χ0n) is 14.3. The fraction of sp³-hybridized carbons (Fsp3) is 0.667. The fourth-order valence-corrected chi connectivity index (χ4v) is 2.67. The number of nitrogens with zero attached hydrogens (tertiary/aromatic N) is 1. The van der Waals surface area contributed by atoms with Gasteiger partial charge in [-0.3, -0.25) is 0 Å². The maximum atomic E-state index is 3.71. The Hall–Kier alpha value is -0.860. The first-order chi connectivity index (χ1) is 9.31. The summed E-state index contributed by atoms with van der Waals surface area (Å²) >= 11 is 0. The minimum atomic E-state index is 0.407. The van der Waals surface area contributed by atoms with Crippen molar-refractivity contribution in [1.82, 2.24) is 10.2 Å². The van der Waals surface area contributed by atoms with Crippen LogP contribution in [0.15, 0.2) is 18.2 Å². The number of hydrogen-bond acceptors (Lipinski definition) is 2. The van der Waals surface area contributed by atoms with E-state index < -0.39 is 0 Å². The van der Waals surface area contributed by atoms with Crippen molar-refractivity contribution in [1.29, 1.82) is 0 Å². The third-order valence-electron chi connectivity index (χ3n) is 4.03. The minimum Gasteiger partial charge on any atom is -0.309 e. The van der Waals surface area contributed by atoms with Crippen LogP contribution in [0.2, 0.25) is 0 Å². The second-order valence-corrected chi connectivity index (χ2v) is 6.74. The molecule has 0 heterocycles. The average molecular weight is 276 g/mol. The van der Waals surface area contributed by atoms with E-state index in [-0.39, 0.29) is 0 Å². The molecule has 0 aliphatic rings. The molecule has 0 aliphatic carbocycles. The molecule has 0 fully saturated rings. The highest BCUT2D eigenvalue weighted by Crippen LogP contribution is 2.19. The first kappa shape index (κ1) is 17.2. The highest BCUT2D eigenvalue weighted by Gasteiger charge is 2.15. The minimum absolute atomic E-state index is 0.407. The molecule has 0 saturated heterocycles. The van der Waals surface area contributed by atoms with Gasteiger partial charge in [0.15, 0.2) is 0 Å². The molecule has 1 aromatic carbocycles. The van der Waals surface area contributed by atoms with Gasteiger partial charge in [-0.05, 0) is 58.3 Å². The largest absolute Gasteiger partial charge is 0.309 e. The van der Waals surface area contributed by atoms with E-state index in [9.17, 15) is 0 Å². The van der Waals surface area contributed by atoms with Gasteiger partial charge in [0.1, 0.15) is 0 Å². The average Bonchev–Trinajstić information content (AvgIpc) is 2.36. The molecule has 1 N–H and O–H groups in total. The monoisotopic (exact) mass is 276 g/mol. The Morgan fingerprint density at radius 1 is 1.10 bits per heavy atom. The van der Waals surface area contributed by atoms with E-state index in [2.05, 4.69) is 77.1 Å². The van der Waals surface area contributed by atoms with Gasteiger partial charge < -0.3 is 10.2 Å². The predicted molar refractivity (Wildman–Crippen MR) is 89.3 cm³/mol. The highest BCUT2D eigenvalue weighted by atomic mass is 15.1. The number of hydrogen-bond donors (Lipinski definition) is 1. The van der Waals surface area contributed by atoms with E-state index in [0.717, 1.165) is 12.5 Å². The lowest BCUT2D eigenvalue weighted by Gasteiger charge is -2.28. The van der Waals surface area contributed by atoms with Crippen LogP contribution in [0.3, 0.4) is 0 Å². The number of nitrogens with one attached hydrogen (secondary N) is 1. The standard InChI is InChI=1S/C18H32N2/c1-13(2)10-17(20(6)7)12-19-16(5)18-11-14(3)8-9-15(18)4/h8-9,11,13,16-17,19H,10,12H2,1-7H3. The molecule has 2 heteroatoms. The van der Waals surface area contributed by atoms with Crippen molar-refractivity contribution in [2.45, 2.75) is 53.1 Å². The summed E-state index contributed by atoms with van der Waals surface area (Å²) in [6.07, 6.45) is 1.24. The molecule has 1 aromatic rings. The molecule has 0 amide bonds. The lowest BCUT2D eigenvalue weighted by molar-refractivity contribution is 0.242. The molecule has 0 bridgehead atoms. The lowest BCUT2D eigenvalue weighted by Crippen LogP contribution is -2.39. The van der Waals surface area contributed by atoms with Crippen LogP contribution in [-0.4, -0.2) is 31.6 Å². The number of benzene rings is 1. The molecular formula is C18H32N2. The van der Waals surface area contributed by atoms with Gasteiger partial charge in [-0.15, -0.1) is 0 Å². The van der Waals surface area contributed by atoms with Gasteiger partial charge in [0, 0.05) is 18.6 Å². The smallest absolute Gasteiger partial charge is 0.0295 e. The van der Waals surface area contributed by atoms with Gasteiger partial charge in [-0.1, -0.05) is 37.6 Å². The zero-order valence-corrected chi connectivity index (χ0v) is 14.3. The zero-order chi connectivity index (χ0) is 15.3. The summed E-state index contributed by atoms with van der Waals surface area (Å²) in [6, 6.07) is 7.72. The summed E-state index contributed by atoms with van der Waals surface area (Å²) in [5.74, 6) is 0.736. The summed E-state index contributed by atoms with van der Waals surface area (Å²) in [5.41, 5.74) is 4.14. The van der Waals surface area contributed by atoms with E-state index in [4.69, 9.17) is 0 Å². The summed E-state index contributed by atoms with van der Waals surface area (Å²) in [5, 5.41) is 3.71. The first-order valence-electron chi connectivity index (χ1n) is 7.78. The third kappa shape index (κ3) is 5.26. The molecule has 0 aliphatic heterocycles. The van der Waals surface area contributed by atoms with E-state index >= 15 is 0 Å². The van der Waals surface area contributed by atoms with Crippen LogP contribution in [0.5, 0.6) is 0 Å². The molecular weight excluding hydrogens is 244 g/mol. The maximum absolute atomic E-state index is 3.71. The maximum Gasteiger partial charge on any atom is 0.0295 e. The molecule has 1 rings (SSSR count). The van der Waals surface area contributed by atoms with Gasteiger partial charge in [0.05, 0.1) is 0 Å². The van der Waals surface area contributed by atoms with E-state index in [0.29, 0.717) is 12.1 Å². The Labute approximate surface area is 125 Å². The van der Waals surface area contributed by atoms with Crippen LogP contribution in [0.1, 0.15) is 49.9 Å². The second-order valence-electron chi connectivity index (χ2n) is 6.74. The topological polar surface area (TPSA) is 15.3 Å². The lowest BCUT2D eigenvalue weighted by atomic mass is 9.98. The molecule has 0 radical (unpaired) electrons. The van der Waals surface area contributed by atoms with E-state index in [1.165, 1.54) is 23.1 Å². The Bertz CT molecular complexity index is 410. The van der Waals surface area contributed by atoms with Crippen molar-refractivity contribution in [2.24, 2.45) is 5.92 Å². The van der Waals surface area contributed by atoms with Crippen molar-refractivity contribution < 1.29 is 0 Å². The SMILES string of the molecule is Cc1ccc(C)c(C(C)NCC(CC(C)C)N(C)C)c1. The van der Waals surface area contributed by atoms with Gasteiger partial charge in [0.2, 0.25) is 0 Å². The van der Waals surface area contributed by atoms with Crippen molar-refractivity contribution in [2.75, 3.05) is 20.6 Å². The fourth-order valence-electron chi connectivity index (χ4n) is 2.67. The highest BCUT2D eigenvalue weighted by molar-refractivity contribution is 5.32. The summed E-state index contributed by atoms with van der Waals surface area (Å²) in [4.78, 5) is 2.34. The quantitative estimate of drug-likeness (QED) is 0.811. The first-order valence-corrected chi connectivity index (χ1v) is 7.78. The van der Waals surface area contributed by atoms with Gasteiger partial charge >= 0.3 is 0 Å². The van der Waals surface area contributed by atoms with Crippen LogP contribution in [0.25, 0.3) is 0 Å². The molecule has 0 aromatic heterocycles. The van der Waals surface area contributed by atoms with E-state index in [1.54, 1.807) is 0 Å². The van der Waals surface area contributed by atoms with Crippen molar-refractivity contribution in [3.8, 4) is 0 Å². The third-order valence-corrected chi connectivity index (χ3v) is 4.03. The molecule has 20 heavy (non-hydrogen) atoms. The van der Waals surface area contributed by atoms with Crippen LogP contribution < -0.4 is 5.32 Å². The predicted octanol–water partition coefficient (Wildman–Crippen LogP) is 3.93. The Kier molecular flexibility index (Phi) is 6.70.